The van der Waals surface area contributed by atoms with E-state index >= 15 is 0 Å². The van der Waals surface area contributed by atoms with Crippen LogP contribution >= 0.6 is 0 Å². The molecular weight excluding hydrogens is 262 g/mol. The van der Waals surface area contributed by atoms with Crippen LogP contribution in [-0.2, 0) is 0 Å². The highest BCUT2D eigenvalue weighted by molar-refractivity contribution is 5.83. The van der Waals surface area contributed by atoms with E-state index in [-0.39, 0.29) is 23.8 Å². The number of anilines is 1. The third-order valence-electron chi connectivity index (χ3n) is 3.48. The van der Waals surface area contributed by atoms with Gasteiger partial charge in [0.25, 0.3) is 11.7 Å². The van der Waals surface area contributed by atoms with Crippen molar-refractivity contribution in [2.75, 3.05) is 11.9 Å². The number of nitro benzene ring substituents is 1. The van der Waals surface area contributed by atoms with Gasteiger partial charge >= 0.3 is 0 Å². The fourth-order valence-corrected chi connectivity index (χ4v) is 1.90. The van der Waals surface area contributed by atoms with Gasteiger partial charge in [-0.2, -0.15) is 4.98 Å². The molecule has 20 heavy (non-hydrogen) atoms. The molecule has 7 heteroatoms. The third-order valence-corrected chi connectivity index (χ3v) is 3.48. The summed E-state index contributed by atoms with van der Waals surface area (Å²) in [5, 5.41) is 24.0. The minimum Gasteiger partial charge on any atom is -0.423 e. The Morgan fingerprint density at radius 1 is 1.45 bits per heavy atom. The van der Waals surface area contributed by atoms with Gasteiger partial charge < -0.3 is 14.8 Å². The second-order valence-corrected chi connectivity index (χ2v) is 4.69. The smallest absolute Gasteiger partial charge is 0.298 e. The summed E-state index contributed by atoms with van der Waals surface area (Å²) in [4.78, 5) is 14.5. The molecule has 2 aromatic rings. The molecule has 0 saturated carbocycles. The highest BCUT2D eigenvalue weighted by Crippen LogP contribution is 2.27. The minimum absolute atomic E-state index is 0.0967. The number of fused-ring (bicyclic) bond motifs is 1. The second kappa shape index (κ2) is 5.46. The van der Waals surface area contributed by atoms with Crippen molar-refractivity contribution in [3.05, 3.63) is 28.3 Å². The van der Waals surface area contributed by atoms with Crippen molar-refractivity contribution in [2.24, 2.45) is 0 Å². The lowest BCUT2D eigenvalue weighted by Gasteiger charge is -2.24. The first-order chi connectivity index (χ1) is 9.49. The van der Waals surface area contributed by atoms with Crippen LogP contribution in [0, 0.1) is 10.1 Å². The first kappa shape index (κ1) is 14.3. The molecule has 0 amide bonds. The Balaban J connectivity index is 2.24. The molecule has 0 bridgehead atoms. The van der Waals surface area contributed by atoms with E-state index in [4.69, 9.17) is 4.42 Å². The first-order valence-electron chi connectivity index (χ1n) is 6.49. The largest absolute Gasteiger partial charge is 0.423 e. The summed E-state index contributed by atoms with van der Waals surface area (Å²) in [6, 6.07) is 4.72. The Kier molecular flexibility index (Phi) is 3.89. The normalized spacial score (nSPS) is 11.8. The van der Waals surface area contributed by atoms with Crippen LogP contribution in [0.5, 0.6) is 0 Å². The molecule has 0 saturated heterocycles. The third kappa shape index (κ3) is 2.72. The van der Waals surface area contributed by atoms with E-state index in [0.717, 1.165) is 0 Å². The number of aliphatic hydroxyl groups is 1. The summed E-state index contributed by atoms with van der Waals surface area (Å²) in [7, 11) is 0. The lowest BCUT2D eigenvalue weighted by molar-refractivity contribution is -0.383. The number of hydrogen-bond donors (Lipinski definition) is 2. The predicted octanol–water partition coefficient (Wildman–Crippen LogP) is 2.70. The summed E-state index contributed by atoms with van der Waals surface area (Å²) in [5.74, 6) is 0. The van der Waals surface area contributed by atoms with Gasteiger partial charge in [-0.3, -0.25) is 10.1 Å². The molecule has 1 aromatic heterocycles. The molecule has 0 unspecified atom stereocenters. The van der Waals surface area contributed by atoms with Crippen molar-refractivity contribution in [2.45, 2.75) is 32.3 Å². The summed E-state index contributed by atoms with van der Waals surface area (Å²) in [5.41, 5.74) is -0.387. The maximum absolute atomic E-state index is 10.9. The fourth-order valence-electron chi connectivity index (χ4n) is 1.90. The van der Waals surface area contributed by atoms with E-state index in [1.165, 1.54) is 6.07 Å². The number of oxazole rings is 1. The van der Waals surface area contributed by atoms with Crippen molar-refractivity contribution in [3.63, 3.8) is 0 Å². The summed E-state index contributed by atoms with van der Waals surface area (Å²) < 4.78 is 5.41. The van der Waals surface area contributed by atoms with Gasteiger partial charge in [-0.1, -0.05) is 19.9 Å². The summed E-state index contributed by atoms with van der Waals surface area (Å²) in [6.07, 6.45) is 1.19. The van der Waals surface area contributed by atoms with Gasteiger partial charge in [0.05, 0.1) is 10.5 Å². The van der Waals surface area contributed by atoms with Gasteiger partial charge in [0, 0.05) is 12.6 Å². The predicted molar refractivity (Wildman–Crippen MR) is 74.7 cm³/mol. The van der Waals surface area contributed by atoms with Crippen LogP contribution in [0.1, 0.15) is 26.7 Å². The number of para-hydroxylation sites is 1. The van der Waals surface area contributed by atoms with Crippen molar-refractivity contribution in [1.29, 1.82) is 0 Å². The zero-order valence-corrected chi connectivity index (χ0v) is 11.4. The Labute approximate surface area is 115 Å². The van der Waals surface area contributed by atoms with Crippen molar-refractivity contribution in [3.8, 4) is 0 Å². The van der Waals surface area contributed by atoms with Gasteiger partial charge in [-0.05, 0) is 18.9 Å². The number of aromatic nitrogens is 1. The molecule has 7 nitrogen and oxygen atoms in total. The molecule has 0 fully saturated rings. The van der Waals surface area contributed by atoms with Crippen molar-refractivity contribution in [1.82, 2.24) is 4.98 Å². The Morgan fingerprint density at radius 2 is 2.15 bits per heavy atom. The molecule has 0 aliphatic rings. The number of nitrogens with one attached hydrogen (secondary N) is 1. The van der Waals surface area contributed by atoms with Crippen molar-refractivity contribution >= 4 is 22.8 Å². The van der Waals surface area contributed by atoms with E-state index in [9.17, 15) is 15.2 Å². The Hall–Kier alpha value is -2.15. The molecular formula is C13H17N3O4. The second-order valence-electron chi connectivity index (χ2n) is 4.69. The van der Waals surface area contributed by atoms with Gasteiger partial charge in [-0.25, -0.2) is 0 Å². The first-order valence-corrected chi connectivity index (χ1v) is 6.49. The van der Waals surface area contributed by atoms with Crippen LogP contribution in [0.2, 0.25) is 0 Å². The summed E-state index contributed by atoms with van der Waals surface area (Å²) in [6.45, 7) is 4.06. The molecule has 0 aliphatic heterocycles. The van der Waals surface area contributed by atoms with E-state index in [1.807, 2.05) is 13.8 Å². The lowest BCUT2D eigenvalue weighted by Crippen LogP contribution is -2.35. The molecule has 2 N–H and O–H groups in total. The van der Waals surface area contributed by atoms with Crippen molar-refractivity contribution < 1.29 is 14.4 Å². The van der Waals surface area contributed by atoms with Crippen LogP contribution in [0.25, 0.3) is 11.1 Å². The molecule has 1 aromatic carbocycles. The van der Waals surface area contributed by atoms with Gasteiger partial charge in [0.2, 0.25) is 0 Å². The maximum atomic E-state index is 10.9. The van der Waals surface area contributed by atoms with Crippen LogP contribution in [0.4, 0.5) is 11.7 Å². The van der Waals surface area contributed by atoms with E-state index < -0.39 is 10.5 Å². The molecule has 0 aliphatic carbocycles. The quantitative estimate of drug-likeness (QED) is 0.622. The number of rotatable bonds is 6. The van der Waals surface area contributed by atoms with Crippen LogP contribution in [-0.4, -0.2) is 27.2 Å². The van der Waals surface area contributed by atoms with Crippen LogP contribution in [0.3, 0.4) is 0 Å². The Bertz CT molecular complexity index is 619. The standard InChI is InChI=1S/C13H17N3O4/c1-3-13(17,4-2)8-14-12-15-11-9(16(18)19)6-5-7-10(11)20-12/h5-7,17H,3-4,8H2,1-2H3,(H,14,15). The lowest BCUT2D eigenvalue weighted by atomic mass is 9.98. The Morgan fingerprint density at radius 3 is 2.75 bits per heavy atom. The average Bonchev–Trinajstić information content (AvgIpc) is 2.87. The van der Waals surface area contributed by atoms with Crippen LogP contribution in [0.15, 0.2) is 22.6 Å². The molecule has 1 heterocycles. The minimum atomic E-state index is -0.841. The monoisotopic (exact) mass is 279 g/mol. The number of nitrogens with zero attached hydrogens (tertiary/aromatic N) is 2. The molecule has 0 atom stereocenters. The topological polar surface area (TPSA) is 101 Å². The number of nitro groups is 1. The maximum Gasteiger partial charge on any atom is 0.298 e. The fraction of sp³-hybridized carbons (Fsp3) is 0.462. The highest BCUT2D eigenvalue weighted by atomic mass is 16.6. The van der Waals surface area contributed by atoms with E-state index in [2.05, 4.69) is 10.3 Å². The zero-order chi connectivity index (χ0) is 14.8. The SMILES string of the molecule is CCC(O)(CC)CNc1nc2c([N+](=O)[O-])cccc2o1. The number of non-ortho nitro benzene ring substituents is 1. The molecule has 0 spiro atoms. The highest BCUT2D eigenvalue weighted by Gasteiger charge is 2.23. The molecule has 108 valence electrons. The van der Waals surface area contributed by atoms with Crippen LogP contribution < -0.4 is 5.32 Å². The number of hydrogen-bond acceptors (Lipinski definition) is 6. The molecule has 2 rings (SSSR count). The van der Waals surface area contributed by atoms with E-state index in [0.29, 0.717) is 18.4 Å². The van der Waals surface area contributed by atoms with E-state index in [1.54, 1.807) is 12.1 Å². The zero-order valence-electron chi connectivity index (χ0n) is 11.4. The van der Waals surface area contributed by atoms with Gasteiger partial charge in [0.15, 0.2) is 11.1 Å². The number of benzene rings is 1. The average molecular weight is 279 g/mol. The van der Waals surface area contributed by atoms with Gasteiger partial charge in [0.1, 0.15) is 0 Å². The summed E-state index contributed by atoms with van der Waals surface area (Å²) >= 11 is 0. The molecule has 0 radical (unpaired) electrons. The van der Waals surface area contributed by atoms with Gasteiger partial charge in [-0.15, -0.1) is 0 Å².